The number of para-hydroxylation sites is 1. The lowest BCUT2D eigenvalue weighted by molar-refractivity contribution is -0.140. The second-order valence-electron chi connectivity index (χ2n) is 9.98. The average Bonchev–Trinajstić information content (AvgIpc) is 3.41. The number of carbonyl (C=O) groups is 3. The standard InChI is InChI=1S/C28H36FN5O5/c1-19-6-3-4-7-21(19)30-28(38)31-22-10-9-20(16-24(22)39-2)17-25(35)34-11-5-8-23(34)27(29)33-14-12-32(13-15-33)18-26(36)37/h3-4,6-7,9-10,16,23,27H,5,8,11-15,17-18H2,1-2H3,(H,36,37)(H2,30,31,38). The van der Waals surface area contributed by atoms with Crippen LogP contribution in [0.25, 0.3) is 0 Å². The predicted octanol–water partition coefficient (Wildman–Crippen LogP) is 3.18. The van der Waals surface area contributed by atoms with Crippen LogP contribution in [-0.4, -0.2) is 96.4 Å². The molecule has 0 aliphatic carbocycles. The number of halogens is 1. The lowest BCUT2D eigenvalue weighted by atomic mass is 10.1. The van der Waals surface area contributed by atoms with Gasteiger partial charge in [0.2, 0.25) is 5.91 Å². The summed E-state index contributed by atoms with van der Waals surface area (Å²) in [4.78, 5) is 41.8. The maximum atomic E-state index is 15.5. The van der Waals surface area contributed by atoms with Gasteiger partial charge in [0.25, 0.3) is 0 Å². The summed E-state index contributed by atoms with van der Waals surface area (Å²) >= 11 is 0. The van der Waals surface area contributed by atoms with E-state index in [2.05, 4.69) is 10.6 Å². The summed E-state index contributed by atoms with van der Waals surface area (Å²) in [7, 11) is 1.49. The molecule has 0 saturated carbocycles. The van der Waals surface area contributed by atoms with Gasteiger partial charge >= 0.3 is 12.0 Å². The van der Waals surface area contributed by atoms with Gasteiger partial charge in [-0.25, -0.2) is 9.18 Å². The maximum Gasteiger partial charge on any atom is 0.323 e. The number of carboxylic acid groups (broad SMARTS) is 1. The van der Waals surface area contributed by atoms with E-state index in [0.29, 0.717) is 61.8 Å². The molecule has 0 aromatic heterocycles. The number of anilines is 2. The molecule has 11 heteroatoms. The number of ether oxygens (including phenoxy) is 1. The maximum absolute atomic E-state index is 15.5. The first-order valence-electron chi connectivity index (χ1n) is 13.2. The minimum atomic E-state index is -1.30. The lowest BCUT2D eigenvalue weighted by Crippen LogP contribution is -2.55. The first-order chi connectivity index (χ1) is 18.7. The highest BCUT2D eigenvalue weighted by atomic mass is 19.1. The number of urea groups is 1. The van der Waals surface area contributed by atoms with Gasteiger partial charge in [0.15, 0.2) is 6.30 Å². The highest BCUT2D eigenvalue weighted by Gasteiger charge is 2.38. The van der Waals surface area contributed by atoms with Crippen LogP contribution in [0.4, 0.5) is 20.6 Å². The van der Waals surface area contributed by atoms with Crippen molar-refractivity contribution in [2.24, 2.45) is 0 Å². The molecule has 10 nitrogen and oxygen atoms in total. The Balaban J connectivity index is 1.35. The molecule has 2 unspecified atom stereocenters. The van der Waals surface area contributed by atoms with E-state index in [9.17, 15) is 14.4 Å². The molecule has 2 aliphatic rings. The zero-order valence-electron chi connectivity index (χ0n) is 22.4. The van der Waals surface area contributed by atoms with Gasteiger partial charge in [-0.3, -0.25) is 19.4 Å². The summed E-state index contributed by atoms with van der Waals surface area (Å²) in [5, 5.41) is 14.6. The topological polar surface area (TPSA) is 114 Å². The molecule has 3 amide bonds. The number of benzene rings is 2. The van der Waals surface area contributed by atoms with E-state index in [4.69, 9.17) is 9.84 Å². The number of carboxylic acids is 1. The van der Waals surface area contributed by atoms with Crippen LogP contribution in [0.2, 0.25) is 0 Å². The lowest BCUT2D eigenvalue weighted by Gasteiger charge is -2.39. The third kappa shape index (κ3) is 7.24. The fourth-order valence-corrected chi connectivity index (χ4v) is 5.20. The number of nitrogens with zero attached hydrogens (tertiary/aromatic N) is 3. The minimum Gasteiger partial charge on any atom is -0.495 e. The van der Waals surface area contributed by atoms with Crippen LogP contribution >= 0.6 is 0 Å². The number of likely N-dealkylation sites (tertiary alicyclic amines) is 1. The molecule has 210 valence electrons. The van der Waals surface area contributed by atoms with E-state index in [1.807, 2.05) is 31.2 Å². The summed E-state index contributed by atoms with van der Waals surface area (Å²) in [5.74, 6) is -0.635. The van der Waals surface area contributed by atoms with Crippen molar-refractivity contribution in [3.05, 3.63) is 53.6 Å². The van der Waals surface area contributed by atoms with Crippen LogP contribution in [0.3, 0.4) is 0 Å². The summed E-state index contributed by atoms with van der Waals surface area (Å²) in [5.41, 5.74) is 2.80. The number of aryl methyl sites for hydroxylation is 1. The Labute approximate surface area is 227 Å². The quantitative estimate of drug-likeness (QED) is 0.418. The third-order valence-electron chi connectivity index (χ3n) is 7.31. The Morgan fingerprint density at radius 2 is 1.77 bits per heavy atom. The Bertz CT molecular complexity index is 1190. The van der Waals surface area contributed by atoms with Crippen LogP contribution < -0.4 is 15.4 Å². The number of piperazine rings is 1. The minimum absolute atomic E-state index is 0.0476. The smallest absolute Gasteiger partial charge is 0.323 e. The molecule has 39 heavy (non-hydrogen) atoms. The summed E-state index contributed by atoms with van der Waals surface area (Å²) in [6, 6.07) is 11.7. The summed E-state index contributed by atoms with van der Waals surface area (Å²) in [6.45, 7) is 4.17. The number of amides is 3. The molecular formula is C28H36FN5O5. The first kappa shape index (κ1) is 28.3. The number of hydrogen-bond donors (Lipinski definition) is 3. The van der Waals surface area contributed by atoms with Crippen LogP contribution in [-0.2, 0) is 16.0 Å². The second-order valence-corrected chi connectivity index (χ2v) is 9.98. The van der Waals surface area contributed by atoms with Gasteiger partial charge in [0.1, 0.15) is 5.75 Å². The Morgan fingerprint density at radius 1 is 1.05 bits per heavy atom. The van der Waals surface area contributed by atoms with Gasteiger partial charge in [-0.2, -0.15) is 0 Å². The summed E-state index contributed by atoms with van der Waals surface area (Å²) < 4.78 is 21.0. The van der Waals surface area contributed by atoms with Crippen molar-refractivity contribution in [3.63, 3.8) is 0 Å². The predicted molar refractivity (Wildman–Crippen MR) is 146 cm³/mol. The van der Waals surface area contributed by atoms with Crippen molar-refractivity contribution in [1.29, 1.82) is 0 Å². The average molecular weight is 542 g/mol. The van der Waals surface area contributed by atoms with Crippen molar-refractivity contribution in [2.75, 3.05) is 57.0 Å². The van der Waals surface area contributed by atoms with E-state index in [0.717, 1.165) is 12.0 Å². The fourth-order valence-electron chi connectivity index (χ4n) is 5.20. The van der Waals surface area contributed by atoms with E-state index in [-0.39, 0.29) is 18.9 Å². The number of hydrogen-bond acceptors (Lipinski definition) is 6. The van der Waals surface area contributed by atoms with Crippen molar-refractivity contribution in [3.8, 4) is 5.75 Å². The van der Waals surface area contributed by atoms with Gasteiger partial charge in [-0.1, -0.05) is 24.3 Å². The molecule has 2 aromatic carbocycles. The van der Waals surface area contributed by atoms with E-state index < -0.39 is 24.3 Å². The number of rotatable bonds is 9. The molecule has 4 rings (SSSR count). The second kappa shape index (κ2) is 12.9. The zero-order valence-corrected chi connectivity index (χ0v) is 22.4. The molecule has 2 heterocycles. The normalized spacial score (nSPS) is 18.9. The number of nitrogens with one attached hydrogen (secondary N) is 2. The SMILES string of the molecule is COc1cc(CC(=O)N2CCCC2C(F)N2CCN(CC(=O)O)CC2)ccc1NC(=O)Nc1ccccc1C. The fraction of sp³-hybridized carbons (Fsp3) is 0.464. The van der Waals surface area contributed by atoms with E-state index in [1.54, 1.807) is 32.9 Å². The number of alkyl halides is 1. The van der Waals surface area contributed by atoms with Gasteiger partial charge in [-0.05, 0) is 49.1 Å². The molecule has 2 atom stereocenters. The monoisotopic (exact) mass is 541 g/mol. The van der Waals surface area contributed by atoms with Crippen LogP contribution in [0.5, 0.6) is 5.75 Å². The van der Waals surface area contributed by atoms with Crippen molar-refractivity contribution >= 4 is 29.3 Å². The van der Waals surface area contributed by atoms with Crippen LogP contribution in [0.15, 0.2) is 42.5 Å². The van der Waals surface area contributed by atoms with Gasteiger partial charge < -0.3 is 25.4 Å². The Morgan fingerprint density at radius 3 is 2.46 bits per heavy atom. The highest BCUT2D eigenvalue weighted by Crippen LogP contribution is 2.29. The van der Waals surface area contributed by atoms with E-state index >= 15 is 4.39 Å². The number of aliphatic carboxylic acids is 1. The highest BCUT2D eigenvalue weighted by molar-refractivity contribution is 6.01. The molecule has 0 spiro atoms. The Hall–Kier alpha value is -3.70. The van der Waals surface area contributed by atoms with Gasteiger partial charge in [0, 0.05) is 38.4 Å². The van der Waals surface area contributed by atoms with Crippen molar-refractivity contribution in [2.45, 2.75) is 38.5 Å². The Kier molecular flexibility index (Phi) is 9.36. The van der Waals surface area contributed by atoms with Crippen LogP contribution in [0, 0.1) is 6.92 Å². The summed E-state index contributed by atoms with van der Waals surface area (Å²) in [6.07, 6.45) is 0.112. The van der Waals surface area contributed by atoms with Gasteiger partial charge in [0.05, 0.1) is 31.8 Å². The molecule has 3 N–H and O–H groups in total. The van der Waals surface area contributed by atoms with Crippen molar-refractivity contribution < 1.29 is 28.6 Å². The molecule has 0 radical (unpaired) electrons. The molecular weight excluding hydrogens is 505 g/mol. The first-order valence-corrected chi connectivity index (χ1v) is 13.2. The van der Waals surface area contributed by atoms with E-state index in [1.165, 1.54) is 7.11 Å². The number of methoxy groups -OCH3 is 1. The largest absolute Gasteiger partial charge is 0.495 e. The molecule has 2 aromatic rings. The van der Waals surface area contributed by atoms with Crippen LogP contribution in [0.1, 0.15) is 24.0 Å². The third-order valence-corrected chi connectivity index (χ3v) is 7.31. The molecule has 2 saturated heterocycles. The number of carbonyl (C=O) groups excluding carboxylic acids is 2. The zero-order chi connectivity index (χ0) is 27.9. The van der Waals surface area contributed by atoms with Crippen molar-refractivity contribution in [1.82, 2.24) is 14.7 Å². The molecule has 0 bridgehead atoms. The molecule has 2 aliphatic heterocycles. The molecule has 2 fully saturated rings. The van der Waals surface area contributed by atoms with Gasteiger partial charge in [-0.15, -0.1) is 0 Å².